The first-order chi connectivity index (χ1) is 18.9. The van der Waals surface area contributed by atoms with Crippen molar-refractivity contribution in [3.05, 3.63) is 37.9 Å². The molecule has 6 atom stereocenters. The Morgan fingerprint density at radius 1 is 0.854 bits per heavy atom. The van der Waals surface area contributed by atoms with Crippen LogP contribution in [-0.4, -0.2) is 59.6 Å². The number of rotatable bonds is 14. The molecule has 230 valence electrons. The molecule has 0 fully saturated rings. The molecule has 1 rings (SSSR count). The molecular weight excluding hydrogens is 566 g/mol. The second kappa shape index (κ2) is 16.0. The summed E-state index contributed by atoms with van der Waals surface area (Å²) >= 11 is 0. The maximum Gasteiger partial charge on any atom is 0.514 e. The number of carbonyl (C=O) groups excluding carboxylic acids is 1. The van der Waals surface area contributed by atoms with Crippen molar-refractivity contribution in [3.63, 3.8) is 0 Å². The zero-order chi connectivity index (χ0) is 31.5. The van der Waals surface area contributed by atoms with Gasteiger partial charge in [-0.05, 0) is 17.9 Å². The quantitative estimate of drug-likeness (QED) is 0.0549. The molecule has 9 nitrogen and oxygen atoms in total. The molecule has 0 radical (unpaired) electrons. The standard InChI is InChI=1S/C26H32F6N2O7/c1-15(27)9-20(31)12-17(28)5-6-18(29)13-21(32)14-19(30)7-8-40-25(35)41-24-22(33(36)37)10-16(26(2,3)4)11-23(24)34(38)39/h10-11,15,17-21H,7-9,12-14H2,1-4H3. The summed E-state index contributed by atoms with van der Waals surface area (Å²) in [6.07, 6.45) is -16.9. The predicted octanol–water partition coefficient (Wildman–Crippen LogP) is 7.32. The van der Waals surface area contributed by atoms with E-state index >= 15 is 0 Å². The van der Waals surface area contributed by atoms with E-state index in [0.29, 0.717) is 0 Å². The highest BCUT2D eigenvalue weighted by Crippen LogP contribution is 2.41. The summed E-state index contributed by atoms with van der Waals surface area (Å²) in [5.41, 5.74) is -2.24. The average molecular weight is 599 g/mol. The van der Waals surface area contributed by atoms with Gasteiger partial charge in [-0.15, -0.1) is 0 Å². The van der Waals surface area contributed by atoms with E-state index in [0.717, 1.165) is 19.1 Å². The molecule has 0 spiro atoms. The van der Waals surface area contributed by atoms with E-state index in [9.17, 15) is 51.4 Å². The number of ether oxygens (including phenoxy) is 2. The molecule has 1 aromatic carbocycles. The lowest BCUT2D eigenvalue weighted by molar-refractivity contribution is -0.395. The fourth-order valence-corrected chi connectivity index (χ4v) is 3.48. The van der Waals surface area contributed by atoms with Gasteiger partial charge >= 0.3 is 17.5 Å². The van der Waals surface area contributed by atoms with Crippen molar-refractivity contribution in [2.45, 2.75) is 102 Å². The van der Waals surface area contributed by atoms with E-state index in [-0.39, 0.29) is 5.56 Å². The highest BCUT2D eigenvalue weighted by Gasteiger charge is 2.33. The molecule has 0 aliphatic heterocycles. The van der Waals surface area contributed by atoms with Gasteiger partial charge < -0.3 is 9.47 Å². The van der Waals surface area contributed by atoms with Crippen molar-refractivity contribution in [2.75, 3.05) is 6.61 Å². The van der Waals surface area contributed by atoms with Crippen LogP contribution in [0.15, 0.2) is 12.1 Å². The molecule has 0 aromatic heterocycles. The average Bonchev–Trinajstić information content (AvgIpc) is 2.80. The van der Waals surface area contributed by atoms with Crippen molar-refractivity contribution in [1.82, 2.24) is 0 Å². The minimum atomic E-state index is -2.18. The molecule has 0 heterocycles. The Morgan fingerprint density at radius 2 is 1.32 bits per heavy atom. The second-order valence-corrected chi connectivity index (χ2v) is 10.3. The van der Waals surface area contributed by atoms with Crippen molar-refractivity contribution < 1.29 is 50.5 Å². The molecule has 1 aromatic rings. The van der Waals surface area contributed by atoms with Crippen LogP contribution in [0.5, 0.6) is 5.75 Å². The van der Waals surface area contributed by atoms with Crippen LogP contribution in [0.2, 0.25) is 0 Å². The lowest BCUT2D eigenvalue weighted by atomic mass is 9.86. The summed E-state index contributed by atoms with van der Waals surface area (Å²) in [6.45, 7) is 5.35. The summed E-state index contributed by atoms with van der Waals surface area (Å²) in [5, 5.41) is 23.0. The third-order valence-corrected chi connectivity index (χ3v) is 5.56. The Balaban J connectivity index is 2.64. The summed E-state index contributed by atoms with van der Waals surface area (Å²) in [7, 11) is 0. The monoisotopic (exact) mass is 598 g/mol. The van der Waals surface area contributed by atoms with Crippen LogP contribution in [0.25, 0.3) is 0 Å². The summed E-state index contributed by atoms with van der Waals surface area (Å²) < 4.78 is 90.8. The Bertz CT molecular complexity index is 1080. The molecule has 0 saturated heterocycles. The molecule has 15 heteroatoms. The SMILES string of the molecule is CC(F)CC(F)CC(F)C#CC(F)CC(F)CC(F)CCOC(=O)Oc1c([N+](=O)[O-])cc(C(C)(C)C)cc1[N+](=O)[O-]. The summed E-state index contributed by atoms with van der Waals surface area (Å²) in [6, 6.07) is 2.02. The minimum absolute atomic E-state index is 0.223. The largest absolute Gasteiger partial charge is 0.514 e. The number of nitro benzene ring substituents is 2. The van der Waals surface area contributed by atoms with E-state index in [2.05, 4.69) is 4.74 Å². The van der Waals surface area contributed by atoms with Gasteiger partial charge in [-0.2, -0.15) is 0 Å². The third-order valence-electron chi connectivity index (χ3n) is 5.56. The second-order valence-electron chi connectivity index (χ2n) is 10.3. The summed E-state index contributed by atoms with van der Waals surface area (Å²) in [4.78, 5) is 33.0. The predicted molar refractivity (Wildman–Crippen MR) is 136 cm³/mol. The molecule has 0 saturated carbocycles. The molecule has 0 bridgehead atoms. The van der Waals surface area contributed by atoms with E-state index < -0.39 is 114 Å². The zero-order valence-electron chi connectivity index (χ0n) is 22.9. The highest BCUT2D eigenvalue weighted by molar-refractivity contribution is 5.72. The number of alkyl halides is 6. The fraction of sp³-hybridized carbons (Fsp3) is 0.654. The van der Waals surface area contributed by atoms with Crippen LogP contribution in [0, 0.1) is 32.1 Å². The summed E-state index contributed by atoms with van der Waals surface area (Å²) in [5.74, 6) is 2.56. The Labute approximate surface area is 232 Å². The normalized spacial score (nSPS) is 15.9. The molecule has 41 heavy (non-hydrogen) atoms. The maximum atomic E-state index is 14.1. The first-order valence-corrected chi connectivity index (χ1v) is 12.6. The molecular formula is C26H32F6N2O7. The van der Waals surface area contributed by atoms with Crippen LogP contribution < -0.4 is 4.74 Å². The van der Waals surface area contributed by atoms with Gasteiger partial charge in [-0.3, -0.25) is 20.2 Å². The van der Waals surface area contributed by atoms with Gasteiger partial charge in [0.1, 0.15) is 24.7 Å². The molecule has 0 N–H and O–H groups in total. The van der Waals surface area contributed by atoms with Gasteiger partial charge in [0.25, 0.3) is 5.75 Å². The van der Waals surface area contributed by atoms with Crippen molar-refractivity contribution in [3.8, 4) is 17.6 Å². The van der Waals surface area contributed by atoms with Crippen molar-refractivity contribution in [1.29, 1.82) is 0 Å². The zero-order valence-corrected chi connectivity index (χ0v) is 22.9. The minimum Gasteiger partial charge on any atom is -0.434 e. The lowest BCUT2D eigenvalue weighted by Crippen LogP contribution is -2.19. The van der Waals surface area contributed by atoms with E-state index in [4.69, 9.17) is 4.74 Å². The third kappa shape index (κ3) is 13.1. The molecule has 0 amide bonds. The first-order valence-electron chi connectivity index (χ1n) is 12.6. The van der Waals surface area contributed by atoms with Gasteiger partial charge in [0.2, 0.25) is 0 Å². The maximum absolute atomic E-state index is 14.1. The number of hydrogen-bond acceptors (Lipinski definition) is 7. The number of nitrogens with zero attached hydrogens (tertiary/aromatic N) is 2. The Kier molecular flexibility index (Phi) is 13.9. The lowest BCUT2D eigenvalue weighted by Gasteiger charge is -2.19. The van der Waals surface area contributed by atoms with E-state index in [1.54, 1.807) is 32.6 Å². The molecule has 6 unspecified atom stereocenters. The number of halogens is 6. The van der Waals surface area contributed by atoms with Crippen LogP contribution in [0.1, 0.15) is 65.4 Å². The van der Waals surface area contributed by atoms with Crippen LogP contribution in [0.3, 0.4) is 0 Å². The van der Waals surface area contributed by atoms with Gasteiger partial charge in [-0.25, -0.2) is 31.1 Å². The highest BCUT2D eigenvalue weighted by atomic mass is 19.2. The number of benzene rings is 1. The van der Waals surface area contributed by atoms with Crippen LogP contribution in [-0.2, 0) is 10.2 Å². The first kappa shape index (κ1) is 35.5. The van der Waals surface area contributed by atoms with Gasteiger partial charge in [0, 0.05) is 44.2 Å². The van der Waals surface area contributed by atoms with Crippen LogP contribution in [0.4, 0.5) is 42.5 Å². The van der Waals surface area contributed by atoms with Crippen molar-refractivity contribution in [2.24, 2.45) is 0 Å². The number of carbonyl (C=O) groups is 1. The van der Waals surface area contributed by atoms with Gasteiger partial charge in [-0.1, -0.05) is 32.6 Å². The Morgan fingerprint density at radius 3 is 1.73 bits per heavy atom. The number of nitro groups is 2. The molecule has 0 aliphatic rings. The van der Waals surface area contributed by atoms with Crippen molar-refractivity contribution >= 4 is 17.5 Å². The fourth-order valence-electron chi connectivity index (χ4n) is 3.48. The van der Waals surface area contributed by atoms with Crippen LogP contribution >= 0.6 is 0 Å². The topological polar surface area (TPSA) is 122 Å². The molecule has 0 aliphatic carbocycles. The van der Waals surface area contributed by atoms with E-state index in [1.807, 2.05) is 0 Å². The smallest absolute Gasteiger partial charge is 0.434 e. The van der Waals surface area contributed by atoms with Gasteiger partial charge in [0.05, 0.1) is 16.5 Å². The van der Waals surface area contributed by atoms with E-state index in [1.165, 1.54) is 0 Å². The van der Waals surface area contributed by atoms with Gasteiger partial charge in [0.15, 0.2) is 12.3 Å². The number of hydrogen-bond donors (Lipinski definition) is 0. The Hall–Kier alpha value is -3.57.